The van der Waals surface area contributed by atoms with Gasteiger partial charge in [-0.2, -0.15) is 5.21 Å². The van der Waals surface area contributed by atoms with Crippen molar-refractivity contribution in [2.45, 2.75) is 39.8 Å². The van der Waals surface area contributed by atoms with Crippen LogP contribution in [0.25, 0.3) is 22.6 Å². The molecule has 35 heavy (non-hydrogen) atoms. The standard InChI is InChI=1S/C27H27N7O/c1-3-8-24-19(2)33(17-20-9-5-4-6-10-20)27(35)34(24)18-21-12-14-22(15-13-21)25-23(11-7-16-28-25)26-29-31-32-30-26/h4-7,9-16H,3,8,17-18H2,1-2H3,(H,29,30,31,32). The molecule has 0 aliphatic rings. The van der Waals surface area contributed by atoms with Gasteiger partial charge in [-0.1, -0.05) is 67.9 Å². The van der Waals surface area contributed by atoms with Crippen LogP contribution >= 0.6 is 0 Å². The maximum Gasteiger partial charge on any atom is 0.329 e. The molecule has 0 saturated heterocycles. The molecule has 0 bridgehead atoms. The van der Waals surface area contributed by atoms with Crippen molar-refractivity contribution in [2.24, 2.45) is 0 Å². The Labute approximate surface area is 203 Å². The zero-order valence-electron chi connectivity index (χ0n) is 19.8. The molecule has 0 amide bonds. The van der Waals surface area contributed by atoms with Gasteiger partial charge >= 0.3 is 5.69 Å². The number of nitrogens with one attached hydrogen (secondary N) is 1. The highest BCUT2D eigenvalue weighted by atomic mass is 16.1. The minimum absolute atomic E-state index is 0.0306. The first kappa shape index (κ1) is 22.5. The molecule has 0 unspecified atom stereocenters. The van der Waals surface area contributed by atoms with Crippen molar-refractivity contribution < 1.29 is 0 Å². The minimum atomic E-state index is 0.0306. The molecule has 3 heterocycles. The quantitative estimate of drug-likeness (QED) is 0.370. The van der Waals surface area contributed by atoms with Crippen LogP contribution < -0.4 is 5.69 Å². The molecule has 176 valence electrons. The molecule has 8 nitrogen and oxygen atoms in total. The molecule has 0 spiro atoms. The maximum atomic E-state index is 13.5. The number of imidazole rings is 1. The van der Waals surface area contributed by atoms with Crippen molar-refractivity contribution >= 4 is 0 Å². The first-order valence-corrected chi connectivity index (χ1v) is 11.8. The molecule has 0 saturated carbocycles. The Morgan fingerprint density at radius 3 is 2.34 bits per heavy atom. The Bertz CT molecular complexity index is 1470. The smallest absolute Gasteiger partial charge is 0.292 e. The van der Waals surface area contributed by atoms with Gasteiger partial charge in [0.05, 0.1) is 18.8 Å². The van der Waals surface area contributed by atoms with Crippen LogP contribution in [0.2, 0.25) is 0 Å². The number of hydrogen-bond acceptors (Lipinski definition) is 5. The van der Waals surface area contributed by atoms with Gasteiger partial charge in [-0.25, -0.2) is 4.79 Å². The highest BCUT2D eigenvalue weighted by molar-refractivity contribution is 5.76. The third kappa shape index (κ3) is 4.55. The SMILES string of the molecule is CCCc1c(C)n(Cc2ccccc2)c(=O)n1Cc1ccc(-c2ncccc2-c2nn[nH]n2)cc1. The summed E-state index contributed by atoms with van der Waals surface area (Å²) >= 11 is 0. The second kappa shape index (κ2) is 9.89. The van der Waals surface area contributed by atoms with E-state index in [1.54, 1.807) is 6.20 Å². The van der Waals surface area contributed by atoms with Crippen LogP contribution in [0.5, 0.6) is 0 Å². The van der Waals surface area contributed by atoms with Crippen LogP contribution in [0.3, 0.4) is 0 Å². The lowest BCUT2D eigenvalue weighted by atomic mass is 10.0. The number of aromatic amines is 1. The van der Waals surface area contributed by atoms with Crippen molar-refractivity contribution in [1.29, 1.82) is 0 Å². The Kier molecular flexibility index (Phi) is 6.34. The van der Waals surface area contributed by atoms with E-state index >= 15 is 0 Å². The number of H-pyrrole nitrogens is 1. The van der Waals surface area contributed by atoms with Crippen LogP contribution in [0.1, 0.15) is 35.9 Å². The van der Waals surface area contributed by atoms with Gasteiger partial charge in [0.2, 0.25) is 5.82 Å². The highest BCUT2D eigenvalue weighted by Gasteiger charge is 2.17. The van der Waals surface area contributed by atoms with E-state index in [2.05, 4.69) is 63.7 Å². The number of rotatable bonds is 8. The topological polar surface area (TPSA) is 94.3 Å². The van der Waals surface area contributed by atoms with E-state index in [0.29, 0.717) is 18.9 Å². The van der Waals surface area contributed by atoms with Crippen molar-refractivity contribution in [1.82, 2.24) is 34.7 Å². The van der Waals surface area contributed by atoms with Crippen LogP contribution in [0.15, 0.2) is 77.7 Å². The predicted octanol–water partition coefficient (Wildman–Crippen LogP) is 4.25. The van der Waals surface area contributed by atoms with Crippen LogP contribution in [0, 0.1) is 6.92 Å². The number of pyridine rings is 1. The zero-order chi connectivity index (χ0) is 24.2. The van der Waals surface area contributed by atoms with Gasteiger partial charge in [0.25, 0.3) is 0 Å². The number of hydrogen-bond donors (Lipinski definition) is 1. The maximum absolute atomic E-state index is 13.5. The third-order valence-electron chi connectivity index (χ3n) is 6.24. The van der Waals surface area contributed by atoms with E-state index < -0.39 is 0 Å². The molecule has 5 rings (SSSR count). The monoisotopic (exact) mass is 465 g/mol. The van der Waals surface area contributed by atoms with Gasteiger partial charge in [0.1, 0.15) is 0 Å². The van der Waals surface area contributed by atoms with E-state index in [1.165, 1.54) is 0 Å². The molecular formula is C27H27N7O. The van der Waals surface area contributed by atoms with Crippen molar-refractivity contribution in [3.8, 4) is 22.6 Å². The Balaban J connectivity index is 1.45. The summed E-state index contributed by atoms with van der Waals surface area (Å²) in [6.45, 7) is 5.30. The van der Waals surface area contributed by atoms with E-state index in [1.807, 2.05) is 51.6 Å². The lowest BCUT2D eigenvalue weighted by molar-refractivity contribution is 0.662. The van der Waals surface area contributed by atoms with Crippen LogP contribution in [0.4, 0.5) is 0 Å². The average Bonchev–Trinajstić information content (AvgIpc) is 3.51. The summed E-state index contributed by atoms with van der Waals surface area (Å²) in [5.41, 5.74) is 6.89. The largest absolute Gasteiger partial charge is 0.329 e. The van der Waals surface area contributed by atoms with Gasteiger partial charge in [0.15, 0.2) is 0 Å². The number of aromatic nitrogens is 7. The molecule has 5 aromatic rings. The van der Waals surface area contributed by atoms with Crippen molar-refractivity contribution in [3.05, 3.63) is 106 Å². The molecule has 8 heteroatoms. The molecular weight excluding hydrogens is 438 g/mol. The lowest BCUT2D eigenvalue weighted by Crippen LogP contribution is -2.26. The summed E-state index contributed by atoms with van der Waals surface area (Å²) < 4.78 is 3.81. The third-order valence-corrected chi connectivity index (χ3v) is 6.24. The Morgan fingerprint density at radius 1 is 0.886 bits per heavy atom. The second-order valence-electron chi connectivity index (χ2n) is 8.55. The highest BCUT2D eigenvalue weighted by Crippen LogP contribution is 2.27. The minimum Gasteiger partial charge on any atom is -0.292 e. The second-order valence-corrected chi connectivity index (χ2v) is 8.55. The summed E-state index contributed by atoms with van der Waals surface area (Å²) in [5.74, 6) is 0.503. The summed E-state index contributed by atoms with van der Waals surface area (Å²) in [4.78, 5) is 18.0. The van der Waals surface area contributed by atoms with Gasteiger partial charge < -0.3 is 0 Å². The fourth-order valence-corrected chi connectivity index (χ4v) is 4.47. The number of nitrogens with zero attached hydrogens (tertiary/aromatic N) is 6. The van der Waals surface area contributed by atoms with Crippen LogP contribution in [-0.4, -0.2) is 34.7 Å². The summed E-state index contributed by atoms with van der Waals surface area (Å²) in [5, 5.41) is 14.3. The molecule has 0 radical (unpaired) electrons. The normalized spacial score (nSPS) is 11.1. The molecule has 1 N–H and O–H groups in total. The van der Waals surface area contributed by atoms with Gasteiger partial charge in [-0.15, -0.1) is 10.2 Å². The zero-order valence-corrected chi connectivity index (χ0v) is 19.8. The van der Waals surface area contributed by atoms with Crippen molar-refractivity contribution in [2.75, 3.05) is 0 Å². The molecule has 0 aliphatic carbocycles. The fourth-order valence-electron chi connectivity index (χ4n) is 4.47. The Hall–Kier alpha value is -4.33. The van der Waals surface area contributed by atoms with Gasteiger partial charge in [-0.3, -0.25) is 14.1 Å². The predicted molar refractivity (Wildman–Crippen MR) is 135 cm³/mol. The fraction of sp³-hybridized carbons (Fsp3) is 0.222. The Morgan fingerprint density at radius 2 is 1.63 bits per heavy atom. The molecule has 3 aromatic heterocycles. The first-order valence-electron chi connectivity index (χ1n) is 11.8. The van der Waals surface area contributed by atoms with Crippen LogP contribution in [-0.2, 0) is 19.5 Å². The van der Waals surface area contributed by atoms with Gasteiger partial charge in [-0.05, 0) is 41.8 Å². The summed E-state index contributed by atoms with van der Waals surface area (Å²) in [7, 11) is 0. The van der Waals surface area contributed by atoms with E-state index in [-0.39, 0.29) is 5.69 Å². The first-order chi connectivity index (χ1) is 17.2. The van der Waals surface area contributed by atoms with Gasteiger partial charge in [0, 0.05) is 28.7 Å². The van der Waals surface area contributed by atoms with E-state index in [4.69, 9.17) is 0 Å². The molecule has 2 aromatic carbocycles. The van der Waals surface area contributed by atoms with E-state index in [9.17, 15) is 4.79 Å². The average molecular weight is 466 g/mol. The molecule has 0 atom stereocenters. The summed E-state index contributed by atoms with van der Waals surface area (Å²) in [6, 6.07) is 22.1. The molecule has 0 fully saturated rings. The summed E-state index contributed by atoms with van der Waals surface area (Å²) in [6.07, 6.45) is 3.59. The van der Waals surface area contributed by atoms with Crippen molar-refractivity contribution in [3.63, 3.8) is 0 Å². The lowest BCUT2D eigenvalue weighted by Gasteiger charge is -2.09. The van der Waals surface area contributed by atoms with E-state index in [0.717, 1.165) is 52.2 Å². The number of benzene rings is 2. The number of tetrazole rings is 1. The molecule has 0 aliphatic heterocycles.